The zero-order valence-electron chi connectivity index (χ0n) is 13.9. The van der Waals surface area contributed by atoms with E-state index in [1.54, 1.807) is 24.3 Å². The molecule has 0 aliphatic carbocycles. The van der Waals surface area contributed by atoms with Crippen LogP contribution in [0.3, 0.4) is 0 Å². The van der Waals surface area contributed by atoms with Gasteiger partial charge in [0, 0.05) is 29.7 Å². The maximum absolute atomic E-state index is 13.8. The molecule has 26 heavy (non-hydrogen) atoms. The third-order valence-electron chi connectivity index (χ3n) is 4.43. The first-order chi connectivity index (χ1) is 12.4. The summed E-state index contributed by atoms with van der Waals surface area (Å²) in [5.41, 5.74) is 0.467. The number of rotatable bonds is 3. The molecule has 0 bridgehead atoms. The minimum Gasteiger partial charge on any atom is -0.508 e. The van der Waals surface area contributed by atoms with Gasteiger partial charge < -0.3 is 15.3 Å². The maximum atomic E-state index is 13.8. The average Bonchev–Trinajstić information content (AvgIpc) is 2.63. The van der Waals surface area contributed by atoms with E-state index in [1.165, 1.54) is 11.0 Å². The molecule has 0 saturated carbocycles. The van der Waals surface area contributed by atoms with E-state index in [0.29, 0.717) is 36.6 Å². The lowest BCUT2D eigenvalue weighted by Gasteiger charge is -2.31. The number of halogens is 2. The molecule has 1 fully saturated rings. The molecule has 1 aliphatic heterocycles. The minimum absolute atomic E-state index is 0.122. The molecule has 2 aromatic rings. The van der Waals surface area contributed by atoms with Crippen molar-refractivity contribution in [3.63, 3.8) is 0 Å². The Kier molecular flexibility index (Phi) is 5.42. The van der Waals surface area contributed by atoms with E-state index in [-0.39, 0.29) is 23.1 Å². The van der Waals surface area contributed by atoms with E-state index in [2.05, 4.69) is 5.32 Å². The number of aromatic hydroxyl groups is 1. The van der Waals surface area contributed by atoms with Gasteiger partial charge in [-0.2, -0.15) is 0 Å². The molecule has 3 rings (SSSR count). The maximum Gasteiger partial charge on any atom is 0.256 e. The van der Waals surface area contributed by atoms with Crippen LogP contribution in [0.15, 0.2) is 42.5 Å². The Balaban J connectivity index is 1.59. The van der Waals surface area contributed by atoms with Crippen LogP contribution < -0.4 is 5.32 Å². The molecule has 2 amide bonds. The van der Waals surface area contributed by atoms with Crippen LogP contribution in [0.4, 0.5) is 10.1 Å². The number of piperidine rings is 1. The summed E-state index contributed by atoms with van der Waals surface area (Å²) in [6, 6.07) is 10.3. The van der Waals surface area contributed by atoms with Crippen molar-refractivity contribution in [2.24, 2.45) is 5.92 Å². The van der Waals surface area contributed by atoms with Crippen LogP contribution in [0.2, 0.25) is 5.02 Å². The van der Waals surface area contributed by atoms with Gasteiger partial charge in [-0.3, -0.25) is 9.59 Å². The topological polar surface area (TPSA) is 69.6 Å². The van der Waals surface area contributed by atoms with Gasteiger partial charge in [-0.05, 0) is 49.2 Å². The Labute approximate surface area is 155 Å². The predicted octanol–water partition coefficient (Wildman–Crippen LogP) is 3.68. The molecule has 1 heterocycles. The lowest BCUT2D eigenvalue weighted by atomic mass is 9.95. The smallest absolute Gasteiger partial charge is 0.256 e. The normalized spacial score (nSPS) is 14.9. The van der Waals surface area contributed by atoms with E-state index < -0.39 is 11.7 Å². The van der Waals surface area contributed by atoms with Crippen LogP contribution in [-0.4, -0.2) is 34.9 Å². The highest BCUT2D eigenvalue weighted by molar-refractivity contribution is 6.30. The van der Waals surface area contributed by atoms with Gasteiger partial charge in [-0.15, -0.1) is 0 Å². The van der Waals surface area contributed by atoms with Crippen molar-refractivity contribution in [1.29, 1.82) is 0 Å². The molecular formula is C19H18ClFN2O3. The van der Waals surface area contributed by atoms with Crippen molar-refractivity contribution in [2.45, 2.75) is 12.8 Å². The first-order valence-electron chi connectivity index (χ1n) is 8.28. The summed E-state index contributed by atoms with van der Waals surface area (Å²) >= 11 is 5.91. The highest BCUT2D eigenvalue weighted by Gasteiger charge is 2.29. The van der Waals surface area contributed by atoms with Crippen LogP contribution in [0.25, 0.3) is 0 Å². The van der Waals surface area contributed by atoms with Crippen molar-refractivity contribution >= 4 is 29.1 Å². The van der Waals surface area contributed by atoms with Gasteiger partial charge in [0.2, 0.25) is 5.91 Å². The number of phenols is 1. The highest BCUT2D eigenvalue weighted by atomic mass is 35.5. The van der Waals surface area contributed by atoms with E-state index >= 15 is 0 Å². The van der Waals surface area contributed by atoms with Gasteiger partial charge in [0.05, 0.1) is 5.56 Å². The molecule has 2 N–H and O–H groups in total. The van der Waals surface area contributed by atoms with Crippen LogP contribution in [-0.2, 0) is 4.79 Å². The number of hydrogen-bond donors (Lipinski definition) is 2. The summed E-state index contributed by atoms with van der Waals surface area (Å²) in [5.74, 6) is -1.67. The molecule has 5 nitrogen and oxygen atoms in total. The fourth-order valence-electron chi connectivity index (χ4n) is 3.00. The number of carbonyl (C=O) groups is 2. The number of amides is 2. The third-order valence-corrected chi connectivity index (χ3v) is 4.66. The third kappa shape index (κ3) is 4.14. The second kappa shape index (κ2) is 7.74. The number of benzene rings is 2. The van der Waals surface area contributed by atoms with Crippen LogP contribution in [0, 0.1) is 11.7 Å². The molecule has 136 valence electrons. The zero-order valence-corrected chi connectivity index (χ0v) is 14.7. The quantitative estimate of drug-likeness (QED) is 0.858. The molecule has 0 spiro atoms. The summed E-state index contributed by atoms with van der Waals surface area (Å²) in [5, 5.41) is 12.8. The largest absolute Gasteiger partial charge is 0.508 e. The zero-order chi connectivity index (χ0) is 18.7. The van der Waals surface area contributed by atoms with E-state index in [0.717, 1.165) is 12.1 Å². The minimum atomic E-state index is -0.673. The predicted molar refractivity (Wildman–Crippen MR) is 96.8 cm³/mol. The first kappa shape index (κ1) is 18.2. The summed E-state index contributed by atoms with van der Waals surface area (Å²) in [7, 11) is 0. The summed E-state index contributed by atoms with van der Waals surface area (Å²) < 4.78 is 13.8. The number of phenolic OH excluding ortho intramolecular Hbond substituents is 1. The standard InChI is InChI=1S/C19H18ClFN2O3/c20-13-2-1-3-14(10-13)22-18(25)12-6-8-23(9-7-12)19(26)16-11-15(24)4-5-17(16)21/h1-5,10-12,24H,6-9H2,(H,22,25). The molecular weight excluding hydrogens is 359 g/mol. The van der Waals surface area contributed by atoms with E-state index in [4.69, 9.17) is 11.6 Å². The molecule has 1 aliphatic rings. The van der Waals surface area contributed by atoms with Gasteiger partial charge in [0.25, 0.3) is 5.91 Å². The molecule has 1 saturated heterocycles. The fraction of sp³-hybridized carbons (Fsp3) is 0.263. The van der Waals surface area contributed by atoms with Crippen molar-refractivity contribution in [2.75, 3.05) is 18.4 Å². The SMILES string of the molecule is O=C(Nc1cccc(Cl)c1)C1CCN(C(=O)c2cc(O)ccc2F)CC1. The average molecular weight is 377 g/mol. The van der Waals surface area contributed by atoms with Crippen molar-refractivity contribution in [1.82, 2.24) is 4.90 Å². The van der Waals surface area contributed by atoms with Crippen LogP contribution >= 0.6 is 11.6 Å². The van der Waals surface area contributed by atoms with Crippen LogP contribution in [0.1, 0.15) is 23.2 Å². The molecule has 7 heteroatoms. The van der Waals surface area contributed by atoms with Crippen molar-refractivity contribution < 1.29 is 19.1 Å². The van der Waals surface area contributed by atoms with Gasteiger partial charge in [-0.1, -0.05) is 17.7 Å². The number of anilines is 1. The Bertz CT molecular complexity index is 835. The van der Waals surface area contributed by atoms with Crippen LogP contribution in [0.5, 0.6) is 5.75 Å². The Morgan fingerprint density at radius 1 is 1.15 bits per heavy atom. The first-order valence-corrected chi connectivity index (χ1v) is 8.66. The lowest BCUT2D eigenvalue weighted by Crippen LogP contribution is -2.41. The summed E-state index contributed by atoms with van der Waals surface area (Å²) in [6.45, 7) is 0.698. The second-order valence-electron chi connectivity index (χ2n) is 6.23. The Morgan fingerprint density at radius 2 is 1.88 bits per heavy atom. The van der Waals surface area contributed by atoms with Crippen molar-refractivity contribution in [3.8, 4) is 5.75 Å². The van der Waals surface area contributed by atoms with Gasteiger partial charge in [0.15, 0.2) is 0 Å². The van der Waals surface area contributed by atoms with E-state index in [9.17, 15) is 19.1 Å². The fourth-order valence-corrected chi connectivity index (χ4v) is 3.19. The number of hydrogen-bond acceptors (Lipinski definition) is 3. The van der Waals surface area contributed by atoms with Crippen molar-refractivity contribution in [3.05, 3.63) is 58.9 Å². The molecule has 0 aromatic heterocycles. The monoisotopic (exact) mass is 376 g/mol. The molecule has 0 radical (unpaired) electrons. The van der Waals surface area contributed by atoms with Gasteiger partial charge >= 0.3 is 0 Å². The summed E-state index contributed by atoms with van der Waals surface area (Å²) in [4.78, 5) is 26.3. The summed E-state index contributed by atoms with van der Waals surface area (Å²) in [6.07, 6.45) is 0.969. The molecule has 0 unspecified atom stereocenters. The molecule has 0 atom stereocenters. The second-order valence-corrected chi connectivity index (χ2v) is 6.67. The number of likely N-dealkylation sites (tertiary alicyclic amines) is 1. The lowest BCUT2D eigenvalue weighted by molar-refractivity contribution is -0.121. The number of nitrogens with zero attached hydrogens (tertiary/aromatic N) is 1. The highest BCUT2D eigenvalue weighted by Crippen LogP contribution is 2.24. The van der Waals surface area contributed by atoms with E-state index in [1.807, 2.05) is 0 Å². The van der Waals surface area contributed by atoms with Gasteiger partial charge in [-0.25, -0.2) is 4.39 Å². The number of carbonyl (C=O) groups excluding carboxylic acids is 2. The van der Waals surface area contributed by atoms with Gasteiger partial charge in [0.1, 0.15) is 11.6 Å². The Hall–Kier alpha value is -2.60. The number of nitrogens with one attached hydrogen (secondary N) is 1. The Morgan fingerprint density at radius 3 is 2.58 bits per heavy atom. The molecule has 2 aromatic carbocycles.